The van der Waals surface area contributed by atoms with E-state index in [1.807, 2.05) is 12.4 Å². The van der Waals surface area contributed by atoms with E-state index in [4.69, 9.17) is 0 Å². The molecule has 0 spiro atoms. The Bertz CT molecular complexity index is 476. The SMILES string of the molecule is Cc1csc(C(C)NCCc2scnc2C)n1. The molecule has 0 aliphatic heterocycles. The number of nitrogens with zero attached hydrogens (tertiary/aromatic N) is 2. The molecule has 1 unspecified atom stereocenters. The minimum Gasteiger partial charge on any atom is -0.308 e. The third-order valence-electron chi connectivity index (χ3n) is 2.65. The van der Waals surface area contributed by atoms with E-state index in [1.165, 1.54) is 9.88 Å². The summed E-state index contributed by atoms with van der Waals surface area (Å²) in [6.45, 7) is 7.24. The molecule has 2 aromatic rings. The first-order chi connectivity index (χ1) is 8.16. The van der Waals surface area contributed by atoms with Gasteiger partial charge >= 0.3 is 0 Å². The fraction of sp³-hybridized carbons (Fsp3) is 0.500. The highest BCUT2D eigenvalue weighted by Gasteiger charge is 2.09. The minimum absolute atomic E-state index is 0.335. The van der Waals surface area contributed by atoms with Crippen molar-refractivity contribution in [2.24, 2.45) is 0 Å². The Morgan fingerprint density at radius 1 is 1.35 bits per heavy atom. The lowest BCUT2D eigenvalue weighted by molar-refractivity contribution is 0.574. The summed E-state index contributed by atoms with van der Waals surface area (Å²) in [4.78, 5) is 10.1. The highest BCUT2D eigenvalue weighted by molar-refractivity contribution is 7.10. The molecule has 0 aliphatic rings. The first-order valence-electron chi connectivity index (χ1n) is 5.71. The summed E-state index contributed by atoms with van der Waals surface area (Å²) in [7, 11) is 0. The highest BCUT2D eigenvalue weighted by Crippen LogP contribution is 2.18. The molecule has 0 bridgehead atoms. The Kier molecular flexibility index (Phi) is 4.25. The monoisotopic (exact) mass is 267 g/mol. The van der Waals surface area contributed by atoms with Gasteiger partial charge in [0.2, 0.25) is 0 Å². The summed E-state index contributed by atoms with van der Waals surface area (Å²) < 4.78 is 0. The summed E-state index contributed by atoms with van der Waals surface area (Å²) in [6, 6.07) is 0.335. The van der Waals surface area contributed by atoms with Crippen LogP contribution in [0.4, 0.5) is 0 Å². The molecule has 2 heterocycles. The molecule has 17 heavy (non-hydrogen) atoms. The molecule has 0 aliphatic carbocycles. The van der Waals surface area contributed by atoms with Gasteiger partial charge in [-0.1, -0.05) is 0 Å². The molecule has 2 aromatic heterocycles. The van der Waals surface area contributed by atoms with Crippen LogP contribution in [0.1, 0.15) is 34.2 Å². The van der Waals surface area contributed by atoms with Crippen molar-refractivity contribution >= 4 is 22.7 Å². The topological polar surface area (TPSA) is 37.8 Å². The fourth-order valence-corrected chi connectivity index (χ4v) is 3.24. The fourth-order valence-electron chi connectivity index (χ4n) is 1.63. The van der Waals surface area contributed by atoms with E-state index in [0.717, 1.165) is 24.4 Å². The molecule has 3 nitrogen and oxygen atoms in total. The average molecular weight is 267 g/mol. The van der Waals surface area contributed by atoms with Crippen LogP contribution in [-0.2, 0) is 6.42 Å². The van der Waals surface area contributed by atoms with Crippen molar-refractivity contribution in [3.63, 3.8) is 0 Å². The first-order valence-corrected chi connectivity index (χ1v) is 7.47. The van der Waals surface area contributed by atoms with E-state index >= 15 is 0 Å². The Morgan fingerprint density at radius 2 is 2.18 bits per heavy atom. The lowest BCUT2D eigenvalue weighted by atomic mass is 10.3. The standard InChI is InChI=1S/C12H17N3S2/c1-8-6-16-12(15-8)10(3)13-5-4-11-9(2)14-7-17-11/h6-7,10,13H,4-5H2,1-3H3. The predicted octanol–water partition coefficient (Wildman–Crippen LogP) is 3.11. The van der Waals surface area contributed by atoms with Gasteiger partial charge in [-0.3, -0.25) is 0 Å². The van der Waals surface area contributed by atoms with E-state index in [2.05, 4.69) is 34.5 Å². The van der Waals surface area contributed by atoms with Crippen LogP contribution in [0.15, 0.2) is 10.9 Å². The maximum atomic E-state index is 4.49. The van der Waals surface area contributed by atoms with Gasteiger partial charge in [0.25, 0.3) is 0 Å². The van der Waals surface area contributed by atoms with Crippen LogP contribution in [0, 0.1) is 13.8 Å². The van der Waals surface area contributed by atoms with Crippen LogP contribution in [0.2, 0.25) is 0 Å². The molecule has 0 saturated heterocycles. The number of aromatic nitrogens is 2. The zero-order chi connectivity index (χ0) is 12.3. The summed E-state index contributed by atoms with van der Waals surface area (Å²) in [5, 5.41) is 6.77. The zero-order valence-electron chi connectivity index (χ0n) is 10.4. The predicted molar refractivity (Wildman–Crippen MR) is 73.8 cm³/mol. The number of thiazole rings is 2. The lowest BCUT2D eigenvalue weighted by Gasteiger charge is -2.10. The van der Waals surface area contributed by atoms with Crippen molar-refractivity contribution < 1.29 is 0 Å². The third kappa shape index (κ3) is 3.34. The van der Waals surface area contributed by atoms with Gasteiger partial charge in [0.1, 0.15) is 5.01 Å². The molecule has 5 heteroatoms. The lowest BCUT2D eigenvalue weighted by Crippen LogP contribution is -2.21. The van der Waals surface area contributed by atoms with Gasteiger partial charge in [-0.2, -0.15) is 0 Å². The Morgan fingerprint density at radius 3 is 2.76 bits per heavy atom. The van der Waals surface area contributed by atoms with Gasteiger partial charge in [0.15, 0.2) is 0 Å². The molecule has 0 radical (unpaired) electrons. The Balaban J connectivity index is 1.81. The summed E-state index contributed by atoms with van der Waals surface area (Å²) >= 11 is 3.46. The molecular formula is C12H17N3S2. The quantitative estimate of drug-likeness (QED) is 0.904. The normalized spacial score (nSPS) is 12.9. The van der Waals surface area contributed by atoms with E-state index < -0.39 is 0 Å². The molecule has 0 amide bonds. The number of rotatable bonds is 5. The van der Waals surface area contributed by atoms with Crippen molar-refractivity contribution in [2.75, 3.05) is 6.54 Å². The Labute approximate surface area is 110 Å². The summed E-state index contributed by atoms with van der Waals surface area (Å²) in [5.41, 5.74) is 4.18. The number of nitrogens with one attached hydrogen (secondary N) is 1. The van der Waals surface area contributed by atoms with Crippen molar-refractivity contribution in [3.8, 4) is 0 Å². The summed E-state index contributed by atoms with van der Waals surface area (Å²) in [6.07, 6.45) is 1.05. The van der Waals surface area contributed by atoms with Gasteiger partial charge < -0.3 is 5.32 Å². The zero-order valence-corrected chi connectivity index (χ0v) is 12.0. The van der Waals surface area contributed by atoms with Crippen molar-refractivity contribution in [3.05, 3.63) is 32.2 Å². The van der Waals surface area contributed by atoms with Crippen molar-refractivity contribution in [1.29, 1.82) is 0 Å². The summed E-state index contributed by atoms with van der Waals surface area (Å²) in [5.74, 6) is 0. The third-order valence-corrected chi connectivity index (χ3v) is 4.79. The molecule has 1 atom stereocenters. The Hall–Kier alpha value is -0.780. The second kappa shape index (κ2) is 5.71. The van der Waals surface area contributed by atoms with E-state index in [0.29, 0.717) is 6.04 Å². The molecule has 2 rings (SSSR count). The first kappa shape index (κ1) is 12.7. The maximum absolute atomic E-state index is 4.49. The molecule has 0 aromatic carbocycles. The van der Waals surface area contributed by atoms with Crippen molar-refractivity contribution in [2.45, 2.75) is 33.2 Å². The largest absolute Gasteiger partial charge is 0.308 e. The van der Waals surface area contributed by atoms with E-state index in [-0.39, 0.29) is 0 Å². The van der Waals surface area contributed by atoms with Gasteiger partial charge in [-0.05, 0) is 27.2 Å². The molecule has 92 valence electrons. The van der Waals surface area contributed by atoms with Gasteiger partial charge in [0.05, 0.1) is 17.2 Å². The maximum Gasteiger partial charge on any atom is 0.110 e. The number of hydrogen-bond acceptors (Lipinski definition) is 5. The number of hydrogen-bond donors (Lipinski definition) is 1. The minimum atomic E-state index is 0.335. The van der Waals surface area contributed by atoms with Crippen molar-refractivity contribution in [1.82, 2.24) is 15.3 Å². The van der Waals surface area contributed by atoms with Gasteiger partial charge in [-0.15, -0.1) is 22.7 Å². The van der Waals surface area contributed by atoms with Crippen LogP contribution in [0.25, 0.3) is 0 Å². The molecule has 0 fully saturated rings. The van der Waals surface area contributed by atoms with Crippen LogP contribution in [0.5, 0.6) is 0 Å². The van der Waals surface area contributed by atoms with E-state index in [9.17, 15) is 0 Å². The van der Waals surface area contributed by atoms with Gasteiger partial charge in [0, 0.05) is 22.5 Å². The smallest absolute Gasteiger partial charge is 0.110 e. The van der Waals surface area contributed by atoms with Crippen LogP contribution in [0.3, 0.4) is 0 Å². The molecular weight excluding hydrogens is 250 g/mol. The van der Waals surface area contributed by atoms with Crippen LogP contribution < -0.4 is 5.32 Å². The second-order valence-electron chi connectivity index (χ2n) is 4.11. The van der Waals surface area contributed by atoms with Gasteiger partial charge in [-0.25, -0.2) is 9.97 Å². The molecule has 0 saturated carbocycles. The van der Waals surface area contributed by atoms with Crippen LogP contribution >= 0.6 is 22.7 Å². The highest BCUT2D eigenvalue weighted by atomic mass is 32.1. The average Bonchev–Trinajstić information content (AvgIpc) is 2.88. The van der Waals surface area contributed by atoms with Crippen LogP contribution in [-0.4, -0.2) is 16.5 Å². The molecule has 1 N–H and O–H groups in total. The van der Waals surface area contributed by atoms with E-state index in [1.54, 1.807) is 22.7 Å². The number of aryl methyl sites for hydroxylation is 2. The second-order valence-corrected chi connectivity index (χ2v) is 5.94.